The first kappa shape index (κ1) is 17.1. The van der Waals surface area contributed by atoms with Crippen LogP contribution >= 0.6 is 0 Å². The number of likely N-dealkylation sites (tertiary alicyclic amines) is 1. The number of phenols is 1. The lowest BCUT2D eigenvalue weighted by Gasteiger charge is -2.55. The quantitative estimate of drug-likeness (QED) is 0.862. The van der Waals surface area contributed by atoms with Gasteiger partial charge in [0.1, 0.15) is 5.75 Å². The van der Waals surface area contributed by atoms with Crippen molar-refractivity contribution in [2.45, 2.75) is 75.8 Å². The average molecular weight is 355 g/mol. The van der Waals surface area contributed by atoms with Gasteiger partial charge in [0.25, 0.3) is 0 Å². The summed E-state index contributed by atoms with van der Waals surface area (Å²) >= 11 is 0. The molecule has 1 aromatic rings. The van der Waals surface area contributed by atoms with Crippen LogP contribution in [0.25, 0.3) is 0 Å². The van der Waals surface area contributed by atoms with Crippen LogP contribution < -0.4 is 5.32 Å². The minimum absolute atomic E-state index is 0.147. The highest BCUT2D eigenvalue weighted by atomic mass is 16.3. The summed E-state index contributed by atoms with van der Waals surface area (Å²) in [5.74, 6) is 1.36. The molecule has 3 unspecified atom stereocenters. The molecule has 3 aliphatic carbocycles. The number of fused-ring (bicyclic) bond motifs is 3. The molecule has 5 rings (SSSR count). The summed E-state index contributed by atoms with van der Waals surface area (Å²) in [5, 5.41) is 14.2. The lowest BCUT2D eigenvalue weighted by molar-refractivity contribution is -0.0421. The number of benzene rings is 1. The average Bonchev–Trinajstić information content (AvgIpc) is 2.78. The summed E-state index contributed by atoms with van der Waals surface area (Å²) in [6.45, 7) is 4.84. The molecule has 0 radical (unpaired) electrons. The number of hydrogen-bond acceptors (Lipinski definition) is 3. The molecule has 26 heavy (non-hydrogen) atoms. The summed E-state index contributed by atoms with van der Waals surface area (Å²) < 4.78 is 0. The molecule has 1 heterocycles. The summed E-state index contributed by atoms with van der Waals surface area (Å²) in [7, 11) is 2.30. The largest absolute Gasteiger partial charge is 0.508 e. The summed E-state index contributed by atoms with van der Waals surface area (Å²) in [4.78, 5) is 2.58. The minimum Gasteiger partial charge on any atom is -0.508 e. The van der Waals surface area contributed by atoms with E-state index in [0.29, 0.717) is 23.2 Å². The molecule has 0 aromatic heterocycles. The zero-order chi connectivity index (χ0) is 17.9. The monoisotopic (exact) mass is 354 g/mol. The van der Waals surface area contributed by atoms with E-state index in [9.17, 15) is 5.11 Å². The maximum Gasteiger partial charge on any atom is 0.115 e. The van der Waals surface area contributed by atoms with Crippen molar-refractivity contribution in [2.75, 3.05) is 20.1 Å². The fourth-order valence-corrected chi connectivity index (χ4v) is 7.37. The van der Waals surface area contributed by atoms with E-state index in [2.05, 4.69) is 36.3 Å². The Morgan fingerprint density at radius 1 is 1.23 bits per heavy atom. The van der Waals surface area contributed by atoms with Crippen molar-refractivity contribution in [3.8, 4) is 5.75 Å². The number of aromatic hydroxyl groups is 1. The second-order valence-electron chi connectivity index (χ2n) is 10.1. The molecule has 3 fully saturated rings. The van der Waals surface area contributed by atoms with Crippen molar-refractivity contribution in [3.05, 3.63) is 29.3 Å². The number of phenolic OH excluding ortho intramolecular Hbond substituents is 1. The second-order valence-corrected chi connectivity index (χ2v) is 10.1. The van der Waals surface area contributed by atoms with Crippen molar-refractivity contribution in [1.29, 1.82) is 0 Å². The fourth-order valence-electron chi connectivity index (χ4n) is 7.37. The predicted molar refractivity (Wildman–Crippen MR) is 106 cm³/mol. The van der Waals surface area contributed by atoms with Gasteiger partial charge in [-0.25, -0.2) is 0 Å². The van der Waals surface area contributed by atoms with Crippen LogP contribution in [0.3, 0.4) is 0 Å². The normalized spacial score (nSPS) is 39.3. The van der Waals surface area contributed by atoms with Gasteiger partial charge in [0, 0.05) is 29.5 Å². The molecular formula is C23H34N2O. The Morgan fingerprint density at radius 3 is 2.81 bits per heavy atom. The molecule has 2 bridgehead atoms. The first-order valence-corrected chi connectivity index (χ1v) is 10.8. The van der Waals surface area contributed by atoms with Gasteiger partial charge in [-0.05, 0) is 62.0 Å². The number of nitrogens with one attached hydrogen (secondary N) is 1. The summed E-state index contributed by atoms with van der Waals surface area (Å²) in [5.41, 5.74) is 3.48. The van der Waals surface area contributed by atoms with E-state index >= 15 is 0 Å². The Labute approximate surface area is 158 Å². The summed E-state index contributed by atoms with van der Waals surface area (Å²) in [6, 6.07) is 7.28. The van der Waals surface area contributed by atoms with Crippen LogP contribution in [-0.2, 0) is 11.8 Å². The molecule has 3 heteroatoms. The van der Waals surface area contributed by atoms with Crippen LogP contribution in [0.2, 0.25) is 0 Å². The van der Waals surface area contributed by atoms with Crippen LogP contribution in [0.5, 0.6) is 5.75 Å². The Morgan fingerprint density at radius 2 is 2.04 bits per heavy atom. The molecule has 2 N–H and O–H groups in total. The van der Waals surface area contributed by atoms with Gasteiger partial charge in [0.05, 0.1) is 0 Å². The Bertz CT molecular complexity index is 697. The van der Waals surface area contributed by atoms with Crippen molar-refractivity contribution in [3.63, 3.8) is 0 Å². The molecule has 0 amide bonds. The van der Waals surface area contributed by atoms with E-state index in [1.54, 1.807) is 0 Å². The van der Waals surface area contributed by atoms with Crippen LogP contribution in [0.4, 0.5) is 0 Å². The summed E-state index contributed by atoms with van der Waals surface area (Å²) in [6.07, 6.45) is 11.0. The minimum atomic E-state index is 0.147. The zero-order valence-electron chi connectivity index (χ0n) is 16.4. The van der Waals surface area contributed by atoms with Crippen molar-refractivity contribution < 1.29 is 5.11 Å². The van der Waals surface area contributed by atoms with E-state index in [1.807, 2.05) is 6.07 Å². The first-order valence-electron chi connectivity index (χ1n) is 10.8. The lowest BCUT2D eigenvalue weighted by Crippen LogP contribution is -2.66. The van der Waals surface area contributed by atoms with Gasteiger partial charge < -0.3 is 15.3 Å². The highest BCUT2D eigenvalue weighted by Crippen LogP contribution is 2.63. The van der Waals surface area contributed by atoms with Gasteiger partial charge in [-0.3, -0.25) is 0 Å². The van der Waals surface area contributed by atoms with Gasteiger partial charge in [0.2, 0.25) is 0 Å². The van der Waals surface area contributed by atoms with E-state index in [4.69, 9.17) is 0 Å². The smallest absolute Gasteiger partial charge is 0.115 e. The van der Waals surface area contributed by atoms with E-state index in [1.165, 1.54) is 69.0 Å². The standard InChI is InChI=1S/C23H34N2O/c1-22-14-23(13-17-8-9-18(26)12-19(17)22)15-25(2)21(23)20(22)24-11-10-16-6-4-3-5-7-16/h8-9,12,16,20-21,24,26H,3-7,10-11,13-15H2,1-2H3/t20?,21?,22-,23?/m1/s1. The lowest BCUT2D eigenvalue weighted by atomic mass is 9.63. The van der Waals surface area contributed by atoms with Crippen molar-refractivity contribution in [1.82, 2.24) is 10.2 Å². The topological polar surface area (TPSA) is 35.5 Å². The van der Waals surface area contributed by atoms with Gasteiger partial charge >= 0.3 is 0 Å². The maximum atomic E-state index is 10.1. The van der Waals surface area contributed by atoms with Crippen molar-refractivity contribution in [2.24, 2.45) is 11.3 Å². The molecule has 1 spiro atoms. The number of nitrogens with zero attached hydrogens (tertiary/aromatic N) is 1. The SMILES string of the molecule is CN1CC23Cc4ccc(O)cc4[C@@](C)(C2)C(NCCC2CCCCC2)C13. The third-order valence-corrected chi connectivity index (χ3v) is 8.28. The Hall–Kier alpha value is -1.06. The Balaban J connectivity index is 1.39. The number of hydrogen-bond donors (Lipinski definition) is 2. The molecule has 2 saturated carbocycles. The van der Waals surface area contributed by atoms with Crippen LogP contribution in [0.15, 0.2) is 18.2 Å². The third-order valence-electron chi connectivity index (χ3n) is 8.28. The molecule has 4 atom stereocenters. The van der Waals surface area contributed by atoms with E-state index in [-0.39, 0.29) is 5.41 Å². The van der Waals surface area contributed by atoms with Gasteiger partial charge in [-0.1, -0.05) is 45.1 Å². The van der Waals surface area contributed by atoms with E-state index in [0.717, 1.165) is 12.5 Å². The van der Waals surface area contributed by atoms with Gasteiger partial charge in [-0.2, -0.15) is 0 Å². The van der Waals surface area contributed by atoms with Crippen LogP contribution in [-0.4, -0.2) is 42.2 Å². The molecular weight excluding hydrogens is 320 g/mol. The highest BCUT2D eigenvalue weighted by Gasteiger charge is 2.68. The predicted octanol–water partition coefficient (Wildman–Crippen LogP) is 3.84. The molecule has 4 aliphatic rings. The molecule has 1 saturated heterocycles. The molecule has 3 nitrogen and oxygen atoms in total. The molecule has 1 aliphatic heterocycles. The molecule has 1 aromatic carbocycles. The highest BCUT2D eigenvalue weighted by molar-refractivity contribution is 5.49. The van der Waals surface area contributed by atoms with Gasteiger partial charge in [0.15, 0.2) is 0 Å². The fraction of sp³-hybridized carbons (Fsp3) is 0.739. The number of likely N-dealkylation sites (N-methyl/N-ethyl adjacent to an activating group) is 1. The first-order chi connectivity index (χ1) is 12.5. The Kier molecular flexibility index (Phi) is 3.92. The van der Waals surface area contributed by atoms with Crippen molar-refractivity contribution >= 4 is 0 Å². The zero-order valence-corrected chi connectivity index (χ0v) is 16.4. The van der Waals surface area contributed by atoms with Crippen LogP contribution in [0, 0.1) is 11.3 Å². The third kappa shape index (κ3) is 2.39. The molecule has 142 valence electrons. The van der Waals surface area contributed by atoms with E-state index < -0.39 is 0 Å². The van der Waals surface area contributed by atoms with Gasteiger partial charge in [-0.15, -0.1) is 0 Å². The number of rotatable bonds is 4. The van der Waals surface area contributed by atoms with Crippen LogP contribution in [0.1, 0.15) is 63.0 Å². The maximum absolute atomic E-state index is 10.1. The second kappa shape index (κ2) is 5.97.